The van der Waals surface area contributed by atoms with Crippen molar-refractivity contribution in [1.29, 1.82) is 0 Å². The van der Waals surface area contributed by atoms with E-state index in [1.807, 2.05) is 24.8 Å². The summed E-state index contributed by atoms with van der Waals surface area (Å²) in [6.45, 7) is 2.25. The van der Waals surface area contributed by atoms with Crippen molar-refractivity contribution in [3.05, 3.63) is 83.9 Å². The SMILES string of the molecule is CN=C(NCc1cccc(Cn2cncn2)c1)N(C)Cc1ccccc1.I. The molecule has 7 heteroatoms. The molecule has 0 saturated heterocycles. The Bertz CT molecular complexity index is 833. The Labute approximate surface area is 177 Å². The molecule has 0 aliphatic rings. The van der Waals surface area contributed by atoms with Gasteiger partial charge in [0.15, 0.2) is 5.96 Å². The third-order valence-corrected chi connectivity index (χ3v) is 4.09. The van der Waals surface area contributed by atoms with Gasteiger partial charge in [-0.15, -0.1) is 24.0 Å². The molecule has 1 N–H and O–H groups in total. The highest BCUT2D eigenvalue weighted by Crippen LogP contribution is 2.08. The van der Waals surface area contributed by atoms with Crippen molar-refractivity contribution in [3.63, 3.8) is 0 Å². The minimum atomic E-state index is 0. The predicted molar refractivity (Wildman–Crippen MR) is 119 cm³/mol. The van der Waals surface area contributed by atoms with Crippen LogP contribution in [0.2, 0.25) is 0 Å². The molecule has 1 aromatic heterocycles. The van der Waals surface area contributed by atoms with Gasteiger partial charge in [0.25, 0.3) is 0 Å². The average Bonchev–Trinajstić information content (AvgIpc) is 3.16. The largest absolute Gasteiger partial charge is 0.352 e. The molecule has 2 aromatic carbocycles. The Morgan fingerprint density at radius 3 is 2.52 bits per heavy atom. The van der Waals surface area contributed by atoms with Crippen molar-refractivity contribution >= 4 is 29.9 Å². The Morgan fingerprint density at radius 1 is 1.07 bits per heavy atom. The molecule has 0 spiro atoms. The molecule has 3 rings (SSSR count). The molecule has 0 saturated carbocycles. The van der Waals surface area contributed by atoms with E-state index in [0.717, 1.165) is 25.6 Å². The van der Waals surface area contributed by atoms with Gasteiger partial charge in [0.2, 0.25) is 0 Å². The van der Waals surface area contributed by atoms with Gasteiger partial charge in [-0.2, -0.15) is 5.10 Å². The summed E-state index contributed by atoms with van der Waals surface area (Å²) in [5.41, 5.74) is 3.66. The molecule has 0 amide bonds. The maximum absolute atomic E-state index is 4.39. The second-order valence-electron chi connectivity index (χ2n) is 6.16. The molecule has 27 heavy (non-hydrogen) atoms. The summed E-state index contributed by atoms with van der Waals surface area (Å²) in [5.74, 6) is 0.871. The van der Waals surface area contributed by atoms with Gasteiger partial charge in [-0.1, -0.05) is 54.6 Å². The highest BCUT2D eigenvalue weighted by molar-refractivity contribution is 14.0. The highest BCUT2D eigenvalue weighted by Gasteiger charge is 2.07. The maximum Gasteiger partial charge on any atom is 0.193 e. The lowest BCUT2D eigenvalue weighted by Crippen LogP contribution is -2.38. The van der Waals surface area contributed by atoms with E-state index in [4.69, 9.17) is 0 Å². The number of rotatable bonds is 6. The van der Waals surface area contributed by atoms with Crippen molar-refractivity contribution in [1.82, 2.24) is 25.0 Å². The van der Waals surface area contributed by atoms with Gasteiger partial charge in [0.05, 0.1) is 6.54 Å². The van der Waals surface area contributed by atoms with E-state index in [-0.39, 0.29) is 24.0 Å². The fourth-order valence-electron chi connectivity index (χ4n) is 2.84. The zero-order valence-electron chi connectivity index (χ0n) is 15.6. The lowest BCUT2D eigenvalue weighted by molar-refractivity contribution is 0.476. The fourth-order valence-corrected chi connectivity index (χ4v) is 2.84. The van der Waals surface area contributed by atoms with Crippen LogP contribution >= 0.6 is 24.0 Å². The smallest absolute Gasteiger partial charge is 0.193 e. The Balaban J connectivity index is 0.00000261. The molecule has 3 aromatic rings. The standard InChI is InChI=1S/C20H24N6.HI/c1-21-20(25(2)13-17-7-4-3-5-8-17)23-12-18-9-6-10-19(11-18)14-26-16-22-15-24-26;/h3-11,15-16H,12-14H2,1-2H3,(H,21,23);1H. The van der Waals surface area contributed by atoms with E-state index in [2.05, 4.69) is 73.8 Å². The molecular formula is C20H25IN6. The minimum absolute atomic E-state index is 0. The first-order chi connectivity index (χ1) is 12.7. The molecule has 0 radical (unpaired) electrons. The molecular weight excluding hydrogens is 451 g/mol. The molecule has 0 aliphatic heterocycles. The number of nitrogens with one attached hydrogen (secondary N) is 1. The second-order valence-corrected chi connectivity index (χ2v) is 6.16. The van der Waals surface area contributed by atoms with Crippen LogP contribution in [0.5, 0.6) is 0 Å². The van der Waals surface area contributed by atoms with Gasteiger partial charge in [-0.05, 0) is 16.7 Å². The molecule has 1 heterocycles. The quantitative estimate of drug-likeness (QED) is 0.338. The first-order valence-corrected chi connectivity index (χ1v) is 8.60. The normalized spacial score (nSPS) is 11.0. The average molecular weight is 476 g/mol. The van der Waals surface area contributed by atoms with Crippen molar-refractivity contribution in [2.24, 2.45) is 4.99 Å². The number of nitrogens with zero attached hydrogens (tertiary/aromatic N) is 5. The van der Waals surface area contributed by atoms with Crippen molar-refractivity contribution < 1.29 is 0 Å². The lowest BCUT2D eigenvalue weighted by Gasteiger charge is -2.22. The van der Waals surface area contributed by atoms with Crippen LogP contribution in [-0.4, -0.2) is 39.7 Å². The number of aromatic nitrogens is 3. The molecule has 0 unspecified atom stereocenters. The van der Waals surface area contributed by atoms with Crippen LogP contribution in [0.3, 0.4) is 0 Å². The topological polar surface area (TPSA) is 58.3 Å². The van der Waals surface area contributed by atoms with Gasteiger partial charge in [0.1, 0.15) is 12.7 Å². The number of hydrogen-bond donors (Lipinski definition) is 1. The van der Waals surface area contributed by atoms with Crippen LogP contribution in [-0.2, 0) is 19.6 Å². The third kappa shape index (κ3) is 6.35. The van der Waals surface area contributed by atoms with Gasteiger partial charge < -0.3 is 10.2 Å². The second kappa shape index (κ2) is 10.7. The summed E-state index contributed by atoms with van der Waals surface area (Å²) >= 11 is 0. The van der Waals surface area contributed by atoms with E-state index >= 15 is 0 Å². The van der Waals surface area contributed by atoms with Gasteiger partial charge in [-0.3, -0.25) is 4.99 Å². The number of guanidine groups is 1. The van der Waals surface area contributed by atoms with Crippen LogP contribution in [0.25, 0.3) is 0 Å². The van der Waals surface area contributed by atoms with Gasteiger partial charge >= 0.3 is 0 Å². The highest BCUT2D eigenvalue weighted by atomic mass is 127. The van der Waals surface area contributed by atoms with Crippen LogP contribution in [0.4, 0.5) is 0 Å². The van der Waals surface area contributed by atoms with Crippen LogP contribution < -0.4 is 5.32 Å². The summed E-state index contributed by atoms with van der Waals surface area (Å²) in [6.07, 6.45) is 3.28. The molecule has 0 bridgehead atoms. The van der Waals surface area contributed by atoms with Crippen LogP contribution in [0, 0.1) is 0 Å². The molecule has 0 fully saturated rings. The zero-order valence-corrected chi connectivity index (χ0v) is 17.9. The minimum Gasteiger partial charge on any atom is -0.352 e. The summed E-state index contributed by atoms with van der Waals surface area (Å²) in [7, 11) is 3.86. The first kappa shape index (κ1) is 20.9. The number of hydrogen-bond acceptors (Lipinski definition) is 3. The third-order valence-electron chi connectivity index (χ3n) is 4.09. The van der Waals surface area contributed by atoms with Crippen LogP contribution in [0.1, 0.15) is 16.7 Å². The van der Waals surface area contributed by atoms with Gasteiger partial charge in [-0.25, -0.2) is 9.67 Å². The summed E-state index contributed by atoms with van der Waals surface area (Å²) < 4.78 is 1.82. The predicted octanol–water partition coefficient (Wildman–Crippen LogP) is 3.15. The molecule has 6 nitrogen and oxygen atoms in total. The van der Waals surface area contributed by atoms with E-state index in [0.29, 0.717) is 0 Å². The number of halogens is 1. The van der Waals surface area contributed by atoms with Gasteiger partial charge in [0, 0.05) is 27.2 Å². The molecule has 0 aliphatic carbocycles. The molecule has 0 atom stereocenters. The monoisotopic (exact) mass is 476 g/mol. The summed E-state index contributed by atoms with van der Waals surface area (Å²) in [6, 6.07) is 18.8. The first-order valence-electron chi connectivity index (χ1n) is 8.60. The molecule has 142 valence electrons. The Kier molecular flexibility index (Phi) is 8.25. The number of aliphatic imine (C=N–C) groups is 1. The van der Waals surface area contributed by atoms with E-state index in [9.17, 15) is 0 Å². The summed E-state index contributed by atoms with van der Waals surface area (Å²) in [4.78, 5) is 10.5. The zero-order chi connectivity index (χ0) is 18.2. The van der Waals surface area contributed by atoms with E-state index in [1.165, 1.54) is 16.7 Å². The summed E-state index contributed by atoms with van der Waals surface area (Å²) in [5, 5.41) is 7.59. The Hall–Kier alpha value is -2.42. The van der Waals surface area contributed by atoms with E-state index < -0.39 is 0 Å². The van der Waals surface area contributed by atoms with Crippen molar-refractivity contribution in [2.45, 2.75) is 19.6 Å². The van der Waals surface area contributed by atoms with Crippen molar-refractivity contribution in [3.8, 4) is 0 Å². The maximum atomic E-state index is 4.39. The Morgan fingerprint density at radius 2 is 1.81 bits per heavy atom. The van der Waals surface area contributed by atoms with E-state index in [1.54, 1.807) is 12.7 Å². The fraction of sp³-hybridized carbons (Fsp3) is 0.250. The van der Waals surface area contributed by atoms with Crippen LogP contribution in [0.15, 0.2) is 72.2 Å². The number of benzene rings is 2. The lowest BCUT2D eigenvalue weighted by atomic mass is 10.1. The van der Waals surface area contributed by atoms with Crippen molar-refractivity contribution in [2.75, 3.05) is 14.1 Å².